The van der Waals surface area contributed by atoms with Gasteiger partial charge >= 0.3 is 0 Å². The molecule has 2 nitrogen and oxygen atoms in total. The molecule has 0 bridgehead atoms. The SMILES string of the molecule is Cc1ccc(CNc2ccc(N(C)C)c(Cl)c2)cc1F. The maximum atomic E-state index is 13.5. The molecular weight excluding hydrogens is 275 g/mol. The zero-order valence-electron chi connectivity index (χ0n) is 11.9. The second-order valence-corrected chi connectivity index (χ2v) is 5.40. The molecule has 0 saturated carbocycles. The highest BCUT2D eigenvalue weighted by molar-refractivity contribution is 6.33. The number of benzene rings is 2. The van der Waals surface area contributed by atoms with Gasteiger partial charge in [0, 0.05) is 26.3 Å². The second-order valence-electron chi connectivity index (χ2n) is 5.00. The molecule has 0 amide bonds. The van der Waals surface area contributed by atoms with Crippen molar-refractivity contribution in [2.45, 2.75) is 13.5 Å². The van der Waals surface area contributed by atoms with Gasteiger partial charge < -0.3 is 10.2 Å². The molecule has 0 spiro atoms. The number of halogens is 2. The topological polar surface area (TPSA) is 15.3 Å². The van der Waals surface area contributed by atoms with Crippen molar-refractivity contribution < 1.29 is 4.39 Å². The molecule has 2 rings (SSSR count). The predicted molar refractivity (Wildman–Crippen MR) is 84.2 cm³/mol. The first kappa shape index (κ1) is 14.7. The van der Waals surface area contributed by atoms with E-state index in [-0.39, 0.29) is 5.82 Å². The lowest BCUT2D eigenvalue weighted by molar-refractivity contribution is 0.616. The van der Waals surface area contributed by atoms with E-state index in [0.29, 0.717) is 17.1 Å². The number of nitrogens with one attached hydrogen (secondary N) is 1. The van der Waals surface area contributed by atoms with Crippen LogP contribution in [0.25, 0.3) is 0 Å². The number of hydrogen-bond donors (Lipinski definition) is 1. The fraction of sp³-hybridized carbons (Fsp3) is 0.250. The van der Waals surface area contributed by atoms with Crippen LogP contribution in [0.2, 0.25) is 5.02 Å². The van der Waals surface area contributed by atoms with Crippen molar-refractivity contribution in [3.63, 3.8) is 0 Å². The third-order valence-corrected chi connectivity index (χ3v) is 3.47. The molecule has 2 aromatic rings. The standard InChI is InChI=1S/C16H18ClFN2/c1-11-4-5-12(8-15(11)18)10-19-13-6-7-16(20(2)3)14(17)9-13/h4-9,19H,10H2,1-3H3. The quantitative estimate of drug-likeness (QED) is 0.894. The summed E-state index contributed by atoms with van der Waals surface area (Å²) in [6, 6.07) is 11.1. The van der Waals surface area contributed by atoms with E-state index in [1.165, 1.54) is 0 Å². The zero-order chi connectivity index (χ0) is 14.7. The lowest BCUT2D eigenvalue weighted by atomic mass is 10.1. The summed E-state index contributed by atoms with van der Waals surface area (Å²) >= 11 is 6.21. The highest BCUT2D eigenvalue weighted by atomic mass is 35.5. The molecule has 20 heavy (non-hydrogen) atoms. The Hall–Kier alpha value is -1.74. The van der Waals surface area contributed by atoms with Crippen LogP contribution in [0.15, 0.2) is 36.4 Å². The molecule has 0 radical (unpaired) electrons. The van der Waals surface area contributed by atoms with Crippen molar-refractivity contribution in [3.8, 4) is 0 Å². The molecule has 106 valence electrons. The lowest BCUT2D eigenvalue weighted by Crippen LogP contribution is -2.09. The number of nitrogens with zero attached hydrogens (tertiary/aromatic N) is 1. The van der Waals surface area contributed by atoms with Gasteiger partial charge in [-0.1, -0.05) is 23.7 Å². The van der Waals surface area contributed by atoms with Gasteiger partial charge in [-0.3, -0.25) is 0 Å². The van der Waals surface area contributed by atoms with E-state index in [2.05, 4.69) is 5.32 Å². The van der Waals surface area contributed by atoms with Gasteiger partial charge in [0.25, 0.3) is 0 Å². The Balaban J connectivity index is 2.07. The summed E-state index contributed by atoms with van der Waals surface area (Å²) in [5, 5.41) is 3.93. The minimum absolute atomic E-state index is 0.176. The minimum atomic E-state index is -0.176. The van der Waals surface area contributed by atoms with Crippen LogP contribution in [0.4, 0.5) is 15.8 Å². The summed E-state index contributed by atoms with van der Waals surface area (Å²) in [6.07, 6.45) is 0. The third-order valence-electron chi connectivity index (χ3n) is 3.16. The van der Waals surface area contributed by atoms with Gasteiger partial charge in [0.05, 0.1) is 10.7 Å². The van der Waals surface area contributed by atoms with Crippen LogP contribution in [-0.4, -0.2) is 14.1 Å². The van der Waals surface area contributed by atoms with Crippen LogP contribution in [0.5, 0.6) is 0 Å². The molecule has 0 heterocycles. The fourth-order valence-electron chi connectivity index (χ4n) is 1.93. The second kappa shape index (κ2) is 6.14. The molecule has 0 aliphatic rings. The van der Waals surface area contributed by atoms with Gasteiger partial charge in [0.1, 0.15) is 5.82 Å². The molecule has 0 aliphatic heterocycles. The largest absolute Gasteiger partial charge is 0.381 e. The summed E-state index contributed by atoms with van der Waals surface area (Å²) in [5.74, 6) is -0.176. The summed E-state index contributed by atoms with van der Waals surface area (Å²) < 4.78 is 13.5. The summed E-state index contributed by atoms with van der Waals surface area (Å²) in [5.41, 5.74) is 3.45. The van der Waals surface area contributed by atoms with E-state index in [1.807, 2.05) is 43.3 Å². The molecule has 1 N–H and O–H groups in total. The maximum absolute atomic E-state index is 13.5. The smallest absolute Gasteiger partial charge is 0.126 e. The predicted octanol–water partition coefficient (Wildman–Crippen LogP) is 4.47. The van der Waals surface area contributed by atoms with Crippen LogP contribution in [0.3, 0.4) is 0 Å². The van der Waals surface area contributed by atoms with Crippen molar-refractivity contribution in [3.05, 3.63) is 58.4 Å². The Morgan fingerprint density at radius 2 is 1.90 bits per heavy atom. The highest BCUT2D eigenvalue weighted by Crippen LogP contribution is 2.27. The van der Waals surface area contributed by atoms with E-state index in [0.717, 1.165) is 16.9 Å². The lowest BCUT2D eigenvalue weighted by Gasteiger charge is -2.15. The third kappa shape index (κ3) is 3.42. The van der Waals surface area contributed by atoms with E-state index in [1.54, 1.807) is 19.1 Å². The molecule has 4 heteroatoms. The number of rotatable bonds is 4. The monoisotopic (exact) mass is 292 g/mol. The van der Waals surface area contributed by atoms with Gasteiger partial charge in [-0.15, -0.1) is 0 Å². The summed E-state index contributed by atoms with van der Waals surface area (Å²) in [7, 11) is 3.90. The molecule has 0 atom stereocenters. The van der Waals surface area contributed by atoms with Crippen molar-refractivity contribution in [2.24, 2.45) is 0 Å². The Labute approximate surface area is 124 Å². The Kier molecular flexibility index (Phi) is 4.50. The van der Waals surface area contributed by atoms with Gasteiger partial charge in [0.2, 0.25) is 0 Å². The Bertz CT molecular complexity index is 611. The molecular formula is C16H18ClFN2. The first-order valence-corrected chi connectivity index (χ1v) is 6.81. The van der Waals surface area contributed by atoms with Crippen LogP contribution in [0, 0.1) is 12.7 Å². The first-order valence-electron chi connectivity index (χ1n) is 6.43. The van der Waals surface area contributed by atoms with Crippen molar-refractivity contribution in [2.75, 3.05) is 24.3 Å². The average Bonchev–Trinajstić information content (AvgIpc) is 2.40. The first-order chi connectivity index (χ1) is 9.47. The van der Waals surface area contributed by atoms with E-state index in [9.17, 15) is 4.39 Å². The minimum Gasteiger partial charge on any atom is -0.381 e. The Morgan fingerprint density at radius 1 is 1.15 bits per heavy atom. The van der Waals surface area contributed by atoms with E-state index in [4.69, 9.17) is 11.6 Å². The van der Waals surface area contributed by atoms with Crippen LogP contribution in [0.1, 0.15) is 11.1 Å². The zero-order valence-corrected chi connectivity index (χ0v) is 12.6. The number of aryl methyl sites for hydroxylation is 1. The van der Waals surface area contributed by atoms with E-state index < -0.39 is 0 Å². The van der Waals surface area contributed by atoms with Gasteiger partial charge in [-0.2, -0.15) is 0 Å². The highest BCUT2D eigenvalue weighted by Gasteiger charge is 2.04. The van der Waals surface area contributed by atoms with Crippen molar-refractivity contribution >= 4 is 23.0 Å². The molecule has 0 aliphatic carbocycles. The number of anilines is 2. The summed E-state index contributed by atoms with van der Waals surface area (Å²) in [6.45, 7) is 2.32. The summed E-state index contributed by atoms with van der Waals surface area (Å²) in [4.78, 5) is 1.96. The molecule has 0 fully saturated rings. The molecule has 2 aromatic carbocycles. The van der Waals surface area contributed by atoms with Crippen LogP contribution < -0.4 is 10.2 Å². The van der Waals surface area contributed by atoms with Crippen molar-refractivity contribution in [1.82, 2.24) is 0 Å². The fourth-order valence-corrected chi connectivity index (χ4v) is 2.28. The normalized spacial score (nSPS) is 10.4. The van der Waals surface area contributed by atoms with Crippen molar-refractivity contribution in [1.29, 1.82) is 0 Å². The van der Waals surface area contributed by atoms with E-state index >= 15 is 0 Å². The molecule has 0 saturated heterocycles. The van der Waals surface area contributed by atoms with Gasteiger partial charge in [-0.25, -0.2) is 4.39 Å². The van der Waals surface area contributed by atoms with Crippen LogP contribution >= 0.6 is 11.6 Å². The maximum Gasteiger partial charge on any atom is 0.126 e. The Morgan fingerprint density at radius 3 is 2.50 bits per heavy atom. The average molecular weight is 293 g/mol. The van der Waals surface area contributed by atoms with Crippen LogP contribution in [-0.2, 0) is 6.54 Å². The molecule has 0 aromatic heterocycles. The van der Waals surface area contributed by atoms with Gasteiger partial charge in [0.15, 0.2) is 0 Å². The number of hydrogen-bond acceptors (Lipinski definition) is 2. The molecule has 0 unspecified atom stereocenters. The van der Waals surface area contributed by atoms with Gasteiger partial charge in [-0.05, 0) is 42.3 Å².